The first-order chi connectivity index (χ1) is 16.5. The lowest BCUT2D eigenvalue weighted by atomic mass is 9.86. The summed E-state index contributed by atoms with van der Waals surface area (Å²) >= 11 is 0. The van der Waals surface area contributed by atoms with Crippen LogP contribution in [0.2, 0.25) is 0 Å². The van der Waals surface area contributed by atoms with E-state index in [1.54, 1.807) is 16.8 Å². The van der Waals surface area contributed by atoms with E-state index in [0.717, 1.165) is 12.8 Å². The largest absolute Gasteiger partial charge is 0.396 e. The first kappa shape index (κ1) is 22.7. The zero-order valence-corrected chi connectivity index (χ0v) is 18.7. The lowest BCUT2D eigenvalue weighted by Crippen LogP contribution is -2.38. The molecule has 5 rings (SSSR count). The van der Waals surface area contributed by atoms with Gasteiger partial charge >= 0.3 is 5.65 Å². The third-order valence-corrected chi connectivity index (χ3v) is 6.81. The minimum atomic E-state index is -2.77. The molecule has 12 heteroatoms. The van der Waals surface area contributed by atoms with Gasteiger partial charge in [-0.15, -0.1) is 4.52 Å². The smallest absolute Gasteiger partial charge is 0.363 e. The molecule has 0 bridgehead atoms. The Morgan fingerprint density at radius 2 is 2.00 bits per heavy atom. The molecule has 182 valence electrons. The lowest BCUT2D eigenvalue weighted by molar-refractivity contribution is -0.600. The molecule has 0 unspecified atom stereocenters. The fourth-order valence-electron chi connectivity index (χ4n) is 4.95. The maximum Gasteiger partial charge on any atom is 0.363 e. The number of halogens is 2. The molecule has 1 saturated carbocycles. The second kappa shape index (κ2) is 9.26. The van der Waals surface area contributed by atoms with Crippen LogP contribution in [-0.4, -0.2) is 63.4 Å². The van der Waals surface area contributed by atoms with Gasteiger partial charge in [0.2, 0.25) is 5.82 Å². The molecule has 0 atom stereocenters. The third-order valence-electron chi connectivity index (χ3n) is 6.81. The number of aliphatic hydroxyl groups excluding tert-OH is 1. The highest BCUT2D eigenvalue weighted by Gasteiger charge is 2.32. The van der Waals surface area contributed by atoms with Gasteiger partial charge in [0.1, 0.15) is 17.6 Å². The number of nitrogens with zero attached hydrogens (tertiary/aromatic N) is 6. The summed E-state index contributed by atoms with van der Waals surface area (Å²) in [5, 5.41) is 13.7. The monoisotopic (exact) mass is 476 g/mol. The van der Waals surface area contributed by atoms with Crippen LogP contribution in [0.3, 0.4) is 0 Å². The second-order valence-corrected chi connectivity index (χ2v) is 8.82. The van der Waals surface area contributed by atoms with Crippen LogP contribution < -0.4 is 15.1 Å². The number of aliphatic hydroxyl groups is 1. The van der Waals surface area contributed by atoms with Crippen molar-refractivity contribution >= 4 is 17.4 Å². The van der Waals surface area contributed by atoms with Gasteiger partial charge in [0.25, 0.3) is 12.3 Å². The molecule has 3 aromatic rings. The van der Waals surface area contributed by atoms with Crippen LogP contribution in [0.5, 0.6) is 0 Å². The van der Waals surface area contributed by atoms with E-state index in [0.29, 0.717) is 45.0 Å². The van der Waals surface area contributed by atoms with Crippen molar-refractivity contribution in [1.29, 1.82) is 0 Å². The number of anilines is 1. The van der Waals surface area contributed by atoms with Crippen molar-refractivity contribution in [3.8, 4) is 5.69 Å². The van der Waals surface area contributed by atoms with Gasteiger partial charge in [0.05, 0.1) is 31.6 Å². The van der Waals surface area contributed by atoms with Crippen LogP contribution in [0.4, 0.5) is 14.6 Å². The predicted octanol–water partition coefficient (Wildman–Crippen LogP) is 1.40. The van der Waals surface area contributed by atoms with Crippen LogP contribution in [0.25, 0.3) is 11.3 Å². The number of rotatable bonds is 6. The number of nitrogens with two attached hydrogens (primary N) is 1. The van der Waals surface area contributed by atoms with E-state index < -0.39 is 12.3 Å². The quantitative estimate of drug-likeness (QED) is 0.520. The molecule has 1 amide bonds. The van der Waals surface area contributed by atoms with E-state index in [9.17, 15) is 18.7 Å². The molecule has 34 heavy (non-hydrogen) atoms. The fraction of sp³-hybridized carbons (Fsp3) is 0.545. The number of amides is 1. The summed E-state index contributed by atoms with van der Waals surface area (Å²) in [6, 6.07) is 1.61. The summed E-state index contributed by atoms with van der Waals surface area (Å²) in [5.41, 5.74) is 5.99. The molecule has 0 spiro atoms. The van der Waals surface area contributed by atoms with E-state index in [1.807, 2.05) is 4.90 Å². The van der Waals surface area contributed by atoms with Gasteiger partial charge < -0.3 is 20.5 Å². The molecule has 0 radical (unpaired) electrons. The van der Waals surface area contributed by atoms with E-state index in [1.165, 1.54) is 21.8 Å². The Morgan fingerprint density at radius 3 is 2.65 bits per heavy atom. The first-order valence-corrected chi connectivity index (χ1v) is 11.5. The number of aromatic nitrogens is 5. The Balaban J connectivity index is 1.57. The summed E-state index contributed by atoms with van der Waals surface area (Å²) in [7, 11) is 0. The summed E-state index contributed by atoms with van der Waals surface area (Å²) < 4.78 is 38.4. The van der Waals surface area contributed by atoms with Crippen molar-refractivity contribution in [2.45, 2.75) is 38.2 Å². The Morgan fingerprint density at radius 1 is 1.26 bits per heavy atom. The average molecular weight is 477 g/mol. The number of fused-ring (bicyclic) bond motifs is 1. The number of hydrogen-bond donors (Lipinski definition) is 2. The SMILES string of the molecule is NC(=O)c1cn(-c2cnn(C3CCC(CO)CC3)c2C(F)F)[n+]2ccc(N3CCOCC3)nc12. The molecule has 1 aliphatic carbocycles. The molecule has 2 aliphatic rings. The van der Waals surface area contributed by atoms with Crippen molar-refractivity contribution in [3.63, 3.8) is 0 Å². The Hall–Kier alpha value is -3.12. The molecule has 10 nitrogen and oxygen atoms in total. The summed E-state index contributed by atoms with van der Waals surface area (Å²) in [4.78, 5) is 18.9. The minimum absolute atomic E-state index is 0.111. The van der Waals surface area contributed by atoms with Gasteiger partial charge in [-0.05, 0) is 36.6 Å². The number of hydrogen-bond acceptors (Lipinski definition) is 6. The van der Waals surface area contributed by atoms with Crippen molar-refractivity contribution in [2.75, 3.05) is 37.8 Å². The molecule has 1 saturated heterocycles. The van der Waals surface area contributed by atoms with Gasteiger partial charge in [0.15, 0.2) is 5.56 Å². The van der Waals surface area contributed by atoms with Gasteiger partial charge in [-0.1, -0.05) is 0 Å². The van der Waals surface area contributed by atoms with Gasteiger partial charge in [-0.2, -0.15) is 9.78 Å². The highest BCUT2D eigenvalue weighted by atomic mass is 19.3. The molecule has 4 heterocycles. The average Bonchev–Trinajstić information content (AvgIpc) is 3.46. The van der Waals surface area contributed by atoms with Crippen LogP contribution in [0, 0.1) is 5.92 Å². The Bertz CT molecular complexity index is 1180. The molecule has 2 fully saturated rings. The highest BCUT2D eigenvalue weighted by molar-refractivity contribution is 5.97. The topological polar surface area (TPSA) is 116 Å². The standard InChI is InChI=1S/C22H27F2N7O3/c23-20(24)19-17(11-26-31(19)15-3-1-14(13-32)2-4-15)30-12-16(21(25)33)22-27-18(5-6-29(22)30)28-7-9-34-10-8-28/h5-6,11-12,14-15,20,32H,1-4,7-10,13H2,(H-,25,33)/p+1. The molecular formula is C22H28F2N7O3+. The molecule has 3 N–H and O–H groups in total. The lowest BCUT2D eigenvalue weighted by Gasteiger charge is -2.28. The number of morpholine rings is 1. The zero-order valence-electron chi connectivity index (χ0n) is 18.7. The van der Waals surface area contributed by atoms with Crippen molar-refractivity contribution in [1.82, 2.24) is 19.4 Å². The van der Waals surface area contributed by atoms with Crippen molar-refractivity contribution < 1.29 is 27.9 Å². The van der Waals surface area contributed by atoms with Crippen LogP contribution >= 0.6 is 0 Å². The maximum absolute atomic E-state index is 14.3. The van der Waals surface area contributed by atoms with Crippen molar-refractivity contribution in [3.05, 3.63) is 35.9 Å². The van der Waals surface area contributed by atoms with E-state index in [-0.39, 0.29) is 41.2 Å². The number of alkyl halides is 2. The van der Waals surface area contributed by atoms with Gasteiger partial charge in [-0.25, -0.2) is 8.78 Å². The van der Waals surface area contributed by atoms with Crippen LogP contribution in [0.15, 0.2) is 24.7 Å². The van der Waals surface area contributed by atoms with E-state index in [4.69, 9.17) is 10.5 Å². The molecule has 3 aromatic heterocycles. The molecular weight excluding hydrogens is 448 g/mol. The Kier molecular flexibility index (Phi) is 6.17. The highest BCUT2D eigenvalue weighted by Crippen LogP contribution is 2.36. The van der Waals surface area contributed by atoms with Gasteiger partial charge in [-0.3, -0.25) is 9.48 Å². The van der Waals surface area contributed by atoms with Crippen LogP contribution in [0.1, 0.15) is 54.2 Å². The first-order valence-electron chi connectivity index (χ1n) is 11.5. The van der Waals surface area contributed by atoms with Gasteiger partial charge in [0, 0.05) is 25.8 Å². The normalized spacial score (nSPS) is 21.5. The summed E-state index contributed by atoms with van der Waals surface area (Å²) in [5.74, 6) is 0.167. The predicted molar refractivity (Wildman–Crippen MR) is 117 cm³/mol. The minimum Gasteiger partial charge on any atom is -0.396 e. The Labute approximate surface area is 194 Å². The molecule has 1 aliphatic heterocycles. The summed E-state index contributed by atoms with van der Waals surface area (Å²) in [6.07, 6.45) is 4.62. The maximum atomic E-state index is 14.3. The number of carbonyl (C=O) groups excluding carboxylic acids is 1. The second-order valence-electron chi connectivity index (χ2n) is 8.82. The van der Waals surface area contributed by atoms with Crippen LogP contribution in [-0.2, 0) is 4.74 Å². The fourth-order valence-corrected chi connectivity index (χ4v) is 4.95. The van der Waals surface area contributed by atoms with E-state index >= 15 is 0 Å². The number of primary amides is 1. The zero-order chi connectivity index (χ0) is 23.8. The van der Waals surface area contributed by atoms with E-state index in [2.05, 4.69) is 10.1 Å². The molecule has 0 aromatic carbocycles. The third kappa shape index (κ3) is 4.00. The van der Waals surface area contributed by atoms with Crippen molar-refractivity contribution in [2.24, 2.45) is 11.7 Å². The number of ether oxygens (including phenoxy) is 1. The number of carbonyl (C=O) groups is 1. The summed E-state index contributed by atoms with van der Waals surface area (Å²) in [6.45, 7) is 2.59.